The van der Waals surface area contributed by atoms with E-state index in [2.05, 4.69) is 9.58 Å². The van der Waals surface area contributed by atoms with E-state index in [4.69, 9.17) is 16.0 Å². The maximum atomic E-state index is 12.7. The first-order chi connectivity index (χ1) is 13.3. The van der Waals surface area contributed by atoms with Gasteiger partial charge in [0.15, 0.2) is 11.5 Å². The SMILES string of the molecule is [C-]#[N+]C1(c2ccc(OC(F)F)c(OC(C)C)c2)CCN(CC(=O)OCC)CC1. The fourth-order valence-corrected chi connectivity index (χ4v) is 3.27. The number of hydrogen-bond acceptors (Lipinski definition) is 5. The lowest BCUT2D eigenvalue weighted by Gasteiger charge is -2.33. The van der Waals surface area contributed by atoms with Gasteiger partial charge in [-0.2, -0.15) is 8.78 Å². The van der Waals surface area contributed by atoms with Gasteiger partial charge in [-0.3, -0.25) is 9.69 Å². The molecule has 0 amide bonds. The second-order valence-electron chi connectivity index (χ2n) is 6.93. The predicted molar refractivity (Wildman–Crippen MR) is 99.4 cm³/mol. The Morgan fingerprint density at radius 1 is 1.25 bits per heavy atom. The van der Waals surface area contributed by atoms with Crippen molar-refractivity contribution in [3.05, 3.63) is 35.2 Å². The lowest BCUT2D eigenvalue weighted by Crippen LogP contribution is -2.43. The highest BCUT2D eigenvalue weighted by Crippen LogP contribution is 2.41. The summed E-state index contributed by atoms with van der Waals surface area (Å²) in [5.41, 5.74) is -0.0839. The molecule has 0 atom stereocenters. The van der Waals surface area contributed by atoms with Crippen LogP contribution in [0.5, 0.6) is 11.5 Å². The van der Waals surface area contributed by atoms with E-state index in [0.717, 1.165) is 0 Å². The van der Waals surface area contributed by atoms with Crippen LogP contribution in [0, 0.1) is 6.57 Å². The number of carbonyl (C=O) groups is 1. The van der Waals surface area contributed by atoms with Crippen molar-refractivity contribution in [2.75, 3.05) is 26.2 Å². The van der Waals surface area contributed by atoms with Crippen LogP contribution in [0.2, 0.25) is 0 Å². The highest BCUT2D eigenvalue weighted by molar-refractivity contribution is 5.71. The van der Waals surface area contributed by atoms with Crippen LogP contribution >= 0.6 is 0 Å². The molecule has 0 aliphatic carbocycles. The number of benzene rings is 1. The van der Waals surface area contributed by atoms with Crippen molar-refractivity contribution in [2.45, 2.75) is 51.9 Å². The zero-order chi connectivity index (χ0) is 20.7. The Balaban J connectivity index is 2.20. The van der Waals surface area contributed by atoms with Crippen LogP contribution in [-0.2, 0) is 15.1 Å². The molecule has 1 aromatic carbocycles. The van der Waals surface area contributed by atoms with E-state index in [1.807, 2.05) is 4.90 Å². The molecule has 2 rings (SSSR count). The molecule has 0 aromatic heterocycles. The van der Waals surface area contributed by atoms with Gasteiger partial charge in [-0.15, -0.1) is 0 Å². The molecule has 0 spiro atoms. The van der Waals surface area contributed by atoms with Gasteiger partial charge in [-0.25, -0.2) is 6.57 Å². The molecule has 1 fully saturated rings. The Kier molecular flexibility index (Phi) is 7.58. The average molecular weight is 396 g/mol. The van der Waals surface area contributed by atoms with Crippen LogP contribution in [-0.4, -0.2) is 49.8 Å². The third-order valence-corrected chi connectivity index (χ3v) is 4.62. The second kappa shape index (κ2) is 9.69. The highest BCUT2D eigenvalue weighted by Gasteiger charge is 2.43. The third kappa shape index (κ3) is 5.55. The summed E-state index contributed by atoms with van der Waals surface area (Å²) in [6.07, 6.45) is 0.809. The van der Waals surface area contributed by atoms with Crippen molar-refractivity contribution in [3.63, 3.8) is 0 Å². The Hall–Kier alpha value is -2.40. The molecule has 1 saturated heterocycles. The molecule has 1 heterocycles. The van der Waals surface area contributed by atoms with Crippen molar-refractivity contribution in [1.29, 1.82) is 0 Å². The molecular weight excluding hydrogens is 370 g/mol. The standard InChI is InChI=1S/C20H26F2N2O4/c1-5-26-18(25)13-24-10-8-20(23-4,9-11-24)15-6-7-16(28-19(21)22)17(12-15)27-14(2)3/h6-7,12,14,19H,5,8-11,13H2,1-3H3. The topological polar surface area (TPSA) is 52.4 Å². The molecule has 0 saturated carbocycles. The first-order valence-electron chi connectivity index (χ1n) is 9.32. The van der Waals surface area contributed by atoms with E-state index in [1.165, 1.54) is 6.07 Å². The summed E-state index contributed by atoms with van der Waals surface area (Å²) < 4.78 is 40.5. The molecular formula is C20H26F2N2O4. The molecule has 154 valence electrons. The van der Waals surface area contributed by atoms with Crippen molar-refractivity contribution >= 4 is 5.97 Å². The molecule has 0 bridgehead atoms. The molecule has 0 N–H and O–H groups in total. The molecule has 28 heavy (non-hydrogen) atoms. The number of hydrogen-bond donors (Lipinski definition) is 0. The van der Waals surface area contributed by atoms with Crippen LogP contribution < -0.4 is 9.47 Å². The lowest BCUT2D eigenvalue weighted by atomic mass is 9.81. The summed E-state index contributed by atoms with van der Waals surface area (Å²) in [5, 5.41) is 0. The summed E-state index contributed by atoms with van der Waals surface area (Å²) in [4.78, 5) is 17.5. The van der Waals surface area contributed by atoms with Crippen molar-refractivity contribution in [1.82, 2.24) is 4.90 Å². The number of ether oxygens (including phenoxy) is 3. The summed E-state index contributed by atoms with van der Waals surface area (Å²) in [5.74, 6) is -0.129. The zero-order valence-electron chi connectivity index (χ0n) is 16.4. The van der Waals surface area contributed by atoms with Gasteiger partial charge in [0.1, 0.15) is 0 Å². The largest absolute Gasteiger partial charge is 0.487 e. The van der Waals surface area contributed by atoms with E-state index >= 15 is 0 Å². The van der Waals surface area contributed by atoms with Crippen LogP contribution in [0.3, 0.4) is 0 Å². The molecule has 1 aromatic rings. The Labute approximate surface area is 164 Å². The fourth-order valence-electron chi connectivity index (χ4n) is 3.27. The van der Waals surface area contributed by atoms with E-state index < -0.39 is 12.2 Å². The first-order valence-corrected chi connectivity index (χ1v) is 9.32. The molecule has 1 aliphatic heterocycles. The third-order valence-electron chi connectivity index (χ3n) is 4.62. The quantitative estimate of drug-likeness (QED) is 0.494. The molecule has 0 radical (unpaired) electrons. The van der Waals surface area contributed by atoms with Crippen molar-refractivity contribution < 1.29 is 27.8 Å². The molecule has 6 nitrogen and oxygen atoms in total. The monoisotopic (exact) mass is 396 g/mol. The highest BCUT2D eigenvalue weighted by atomic mass is 19.3. The number of esters is 1. The minimum atomic E-state index is -2.96. The fraction of sp³-hybridized carbons (Fsp3) is 0.600. The van der Waals surface area contributed by atoms with Gasteiger partial charge in [-0.05, 0) is 39.0 Å². The summed E-state index contributed by atoms with van der Waals surface area (Å²) in [6.45, 7) is 11.8. The summed E-state index contributed by atoms with van der Waals surface area (Å²) >= 11 is 0. The van der Waals surface area contributed by atoms with Crippen LogP contribution in [0.1, 0.15) is 39.2 Å². The molecule has 8 heteroatoms. The summed E-state index contributed by atoms with van der Waals surface area (Å²) in [7, 11) is 0. The minimum absolute atomic E-state index is 0.0488. The number of carbonyl (C=O) groups excluding carboxylic acids is 1. The van der Waals surface area contributed by atoms with E-state index in [9.17, 15) is 13.6 Å². The summed E-state index contributed by atoms with van der Waals surface area (Å²) in [6, 6.07) is 4.69. The zero-order valence-corrected chi connectivity index (χ0v) is 16.4. The van der Waals surface area contributed by atoms with Crippen molar-refractivity contribution in [2.24, 2.45) is 0 Å². The van der Waals surface area contributed by atoms with Gasteiger partial charge in [-0.1, -0.05) is 0 Å². The predicted octanol–water partition coefficient (Wildman–Crippen LogP) is 3.85. The smallest absolute Gasteiger partial charge is 0.387 e. The van der Waals surface area contributed by atoms with E-state index in [0.29, 0.717) is 38.1 Å². The second-order valence-corrected chi connectivity index (χ2v) is 6.93. The Morgan fingerprint density at radius 2 is 1.93 bits per heavy atom. The Morgan fingerprint density at radius 3 is 2.46 bits per heavy atom. The van der Waals surface area contributed by atoms with Gasteiger partial charge >= 0.3 is 12.6 Å². The van der Waals surface area contributed by atoms with Crippen LogP contribution in [0.25, 0.3) is 4.85 Å². The van der Waals surface area contributed by atoms with Crippen LogP contribution in [0.4, 0.5) is 8.78 Å². The number of likely N-dealkylation sites (tertiary alicyclic amines) is 1. The van der Waals surface area contributed by atoms with Gasteiger partial charge in [0.2, 0.25) is 0 Å². The maximum absolute atomic E-state index is 12.7. The van der Waals surface area contributed by atoms with Crippen molar-refractivity contribution in [3.8, 4) is 11.5 Å². The number of halogens is 2. The number of alkyl halides is 2. The number of piperidine rings is 1. The molecule has 1 aliphatic rings. The minimum Gasteiger partial charge on any atom is -0.487 e. The lowest BCUT2D eigenvalue weighted by molar-refractivity contribution is -0.144. The van der Waals surface area contributed by atoms with Gasteiger partial charge in [0.05, 0.1) is 19.3 Å². The normalized spacial score (nSPS) is 16.6. The van der Waals surface area contributed by atoms with E-state index in [-0.39, 0.29) is 30.1 Å². The molecule has 0 unspecified atom stereocenters. The number of nitrogens with zero attached hydrogens (tertiary/aromatic N) is 2. The van der Waals surface area contributed by atoms with Gasteiger partial charge in [0, 0.05) is 31.5 Å². The van der Waals surface area contributed by atoms with Crippen LogP contribution in [0.15, 0.2) is 18.2 Å². The van der Waals surface area contributed by atoms with E-state index in [1.54, 1.807) is 32.9 Å². The van der Waals surface area contributed by atoms with Gasteiger partial charge in [0.25, 0.3) is 5.54 Å². The number of rotatable bonds is 8. The first kappa shape index (κ1) is 21.9. The van der Waals surface area contributed by atoms with Gasteiger partial charge < -0.3 is 19.1 Å². The Bertz CT molecular complexity index is 711. The average Bonchev–Trinajstić information content (AvgIpc) is 2.63. The maximum Gasteiger partial charge on any atom is 0.387 e.